The Balaban J connectivity index is 2.06. The lowest BCUT2D eigenvalue weighted by atomic mass is 10.1. The fraction of sp³-hybridized carbons (Fsp3) is 0.355. The van der Waals surface area contributed by atoms with Crippen molar-refractivity contribution in [2.24, 2.45) is 0 Å². The molecule has 2 amide bonds. The van der Waals surface area contributed by atoms with E-state index in [0.29, 0.717) is 11.4 Å². The van der Waals surface area contributed by atoms with Crippen LogP contribution in [0.25, 0.3) is 0 Å². The van der Waals surface area contributed by atoms with Gasteiger partial charge < -0.3 is 10.2 Å². The average Bonchev–Trinajstić information content (AvgIpc) is 2.91. The third kappa shape index (κ3) is 7.86. The zero-order chi connectivity index (χ0) is 29.4. The lowest BCUT2D eigenvalue weighted by Gasteiger charge is -2.33. The van der Waals surface area contributed by atoms with Gasteiger partial charge in [0.1, 0.15) is 12.6 Å². The van der Waals surface area contributed by atoms with Crippen molar-refractivity contribution >= 4 is 39.1 Å². The van der Waals surface area contributed by atoms with E-state index in [4.69, 9.17) is 11.6 Å². The van der Waals surface area contributed by atoms with E-state index < -0.39 is 28.5 Å². The number of benzene rings is 3. The van der Waals surface area contributed by atoms with Crippen LogP contribution >= 0.6 is 11.6 Å². The van der Waals surface area contributed by atoms with Crippen LogP contribution in [0.1, 0.15) is 50.3 Å². The highest BCUT2D eigenvalue weighted by molar-refractivity contribution is 7.92. The molecule has 0 saturated heterocycles. The van der Waals surface area contributed by atoms with Crippen molar-refractivity contribution in [3.8, 4) is 0 Å². The first kappa shape index (κ1) is 31.2. The number of nitrogens with one attached hydrogen (secondary N) is 1. The summed E-state index contributed by atoms with van der Waals surface area (Å²) in [4.78, 5) is 29.0. The zero-order valence-corrected chi connectivity index (χ0v) is 25.3. The molecule has 0 spiro atoms. The highest BCUT2D eigenvalue weighted by Gasteiger charge is 2.34. The number of hydrogen-bond donors (Lipinski definition) is 1. The molecule has 214 valence electrons. The fourth-order valence-electron chi connectivity index (χ4n) is 4.37. The molecule has 0 bridgehead atoms. The van der Waals surface area contributed by atoms with Crippen molar-refractivity contribution in [1.29, 1.82) is 0 Å². The Morgan fingerprint density at radius 3 is 2.17 bits per heavy atom. The van der Waals surface area contributed by atoms with Gasteiger partial charge in [0.05, 0.1) is 10.6 Å². The number of anilines is 1. The first-order valence-electron chi connectivity index (χ1n) is 13.5. The largest absolute Gasteiger partial charge is 0.352 e. The summed E-state index contributed by atoms with van der Waals surface area (Å²) in [7, 11) is -4.14. The van der Waals surface area contributed by atoms with Crippen molar-refractivity contribution in [2.45, 2.75) is 71.0 Å². The van der Waals surface area contributed by atoms with Gasteiger partial charge in [0.2, 0.25) is 11.8 Å². The molecule has 9 heteroatoms. The van der Waals surface area contributed by atoms with Gasteiger partial charge in [-0.3, -0.25) is 13.9 Å². The molecule has 40 heavy (non-hydrogen) atoms. The number of halogens is 1. The minimum atomic E-state index is -4.14. The van der Waals surface area contributed by atoms with Gasteiger partial charge in [-0.2, -0.15) is 0 Å². The van der Waals surface area contributed by atoms with E-state index in [0.717, 1.165) is 27.4 Å². The molecule has 0 aliphatic rings. The van der Waals surface area contributed by atoms with Gasteiger partial charge in [-0.15, -0.1) is 0 Å². The summed E-state index contributed by atoms with van der Waals surface area (Å²) < 4.78 is 28.9. The molecule has 0 radical (unpaired) electrons. The van der Waals surface area contributed by atoms with Crippen LogP contribution in [0, 0.1) is 13.8 Å². The molecule has 0 heterocycles. The predicted molar refractivity (Wildman–Crippen MR) is 161 cm³/mol. The van der Waals surface area contributed by atoms with Gasteiger partial charge >= 0.3 is 0 Å². The van der Waals surface area contributed by atoms with Gasteiger partial charge in [0.25, 0.3) is 10.0 Å². The number of nitrogens with zero attached hydrogens (tertiary/aromatic N) is 2. The van der Waals surface area contributed by atoms with E-state index in [1.165, 1.54) is 23.1 Å². The summed E-state index contributed by atoms with van der Waals surface area (Å²) in [5.74, 6) is -0.767. The van der Waals surface area contributed by atoms with E-state index >= 15 is 0 Å². The summed E-state index contributed by atoms with van der Waals surface area (Å²) in [6.07, 6.45) is 1.10. The maximum atomic E-state index is 14.1. The maximum Gasteiger partial charge on any atom is 0.264 e. The Bertz CT molecular complexity index is 1430. The second-order valence-electron chi connectivity index (χ2n) is 10.1. The standard InChI is InChI=1S/C31H38ClN3O4S/c1-6-24(5)33-31(37)29(7-2)34(20-25-11-8-10-23(4)18-25)30(36)21-35(27-13-9-12-26(32)19-27)40(38,39)28-16-14-22(3)15-17-28/h8-19,24,29H,6-7,20-21H2,1-5H3,(H,33,37). The fourth-order valence-corrected chi connectivity index (χ4v) is 5.96. The summed E-state index contributed by atoms with van der Waals surface area (Å²) in [5, 5.41) is 3.32. The van der Waals surface area contributed by atoms with Crippen molar-refractivity contribution in [2.75, 3.05) is 10.8 Å². The van der Waals surface area contributed by atoms with Crippen LogP contribution in [-0.4, -0.2) is 43.8 Å². The molecular formula is C31H38ClN3O4S. The third-order valence-electron chi connectivity index (χ3n) is 6.81. The second kappa shape index (κ2) is 13.8. The van der Waals surface area contributed by atoms with E-state index in [9.17, 15) is 18.0 Å². The van der Waals surface area contributed by atoms with E-state index in [1.54, 1.807) is 30.3 Å². The quantitative estimate of drug-likeness (QED) is 0.289. The number of carbonyl (C=O) groups excluding carboxylic acids is 2. The third-order valence-corrected chi connectivity index (χ3v) is 8.83. The molecule has 0 aromatic heterocycles. The number of rotatable bonds is 12. The number of amides is 2. The molecule has 3 rings (SSSR count). The van der Waals surface area contributed by atoms with Crippen LogP contribution in [0.4, 0.5) is 5.69 Å². The Kier molecular flexibility index (Phi) is 10.8. The number of aryl methyl sites for hydroxylation is 2. The highest BCUT2D eigenvalue weighted by atomic mass is 35.5. The van der Waals surface area contributed by atoms with E-state index in [2.05, 4.69) is 5.32 Å². The maximum absolute atomic E-state index is 14.1. The molecule has 0 aliphatic carbocycles. The molecule has 1 N–H and O–H groups in total. The molecular weight excluding hydrogens is 546 g/mol. The van der Waals surface area contributed by atoms with Gasteiger partial charge in [0, 0.05) is 17.6 Å². The van der Waals surface area contributed by atoms with Crippen LogP contribution in [0.5, 0.6) is 0 Å². The van der Waals surface area contributed by atoms with E-state index in [1.807, 2.05) is 58.9 Å². The summed E-state index contributed by atoms with van der Waals surface area (Å²) in [6.45, 7) is 9.20. The van der Waals surface area contributed by atoms with Crippen molar-refractivity contribution in [3.05, 3.63) is 94.5 Å². The second-order valence-corrected chi connectivity index (χ2v) is 12.4. The van der Waals surface area contributed by atoms with Crippen molar-refractivity contribution < 1.29 is 18.0 Å². The van der Waals surface area contributed by atoms with Gasteiger partial charge in [-0.1, -0.05) is 79.0 Å². The topological polar surface area (TPSA) is 86.8 Å². The molecule has 3 aromatic carbocycles. The summed E-state index contributed by atoms with van der Waals surface area (Å²) >= 11 is 6.23. The lowest BCUT2D eigenvalue weighted by molar-refractivity contribution is -0.140. The Morgan fingerprint density at radius 1 is 0.900 bits per heavy atom. The van der Waals surface area contributed by atoms with Gasteiger partial charge in [0.15, 0.2) is 0 Å². The molecule has 0 saturated carbocycles. The van der Waals surface area contributed by atoms with Crippen LogP contribution in [0.3, 0.4) is 0 Å². The van der Waals surface area contributed by atoms with Crippen molar-refractivity contribution in [3.63, 3.8) is 0 Å². The van der Waals surface area contributed by atoms with Crippen LogP contribution in [0.2, 0.25) is 5.02 Å². The molecule has 3 aromatic rings. The number of hydrogen-bond acceptors (Lipinski definition) is 4. The molecule has 7 nitrogen and oxygen atoms in total. The van der Waals surface area contributed by atoms with E-state index in [-0.39, 0.29) is 29.1 Å². The van der Waals surface area contributed by atoms with Crippen molar-refractivity contribution in [1.82, 2.24) is 10.2 Å². The Morgan fingerprint density at radius 2 is 1.57 bits per heavy atom. The summed E-state index contributed by atoms with van der Waals surface area (Å²) in [6, 6.07) is 19.7. The molecule has 2 atom stereocenters. The smallest absolute Gasteiger partial charge is 0.264 e. The zero-order valence-electron chi connectivity index (χ0n) is 23.7. The lowest BCUT2D eigenvalue weighted by Crippen LogP contribution is -2.53. The molecule has 0 fully saturated rings. The number of carbonyl (C=O) groups is 2. The van der Waals surface area contributed by atoms with Crippen LogP contribution in [0.15, 0.2) is 77.7 Å². The Labute approximate surface area is 243 Å². The SMILES string of the molecule is CCC(C)NC(=O)C(CC)N(Cc1cccc(C)c1)C(=O)CN(c1cccc(Cl)c1)S(=O)(=O)c1ccc(C)cc1. The molecule has 2 unspecified atom stereocenters. The first-order valence-corrected chi connectivity index (χ1v) is 15.3. The number of sulfonamides is 1. The predicted octanol–water partition coefficient (Wildman–Crippen LogP) is 5.87. The Hall–Kier alpha value is -3.36. The highest BCUT2D eigenvalue weighted by Crippen LogP contribution is 2.27. The minimum absolute atomic E-state index is 0.0534. The van der Waals surface area contributed by atoms with Crippen LogP contribution in [-0.2, 0) is 26.2 Å². The first-order chi connectivity index (χ1) is 19.0. The molecule has 0 aliphatic heterocycles. The summed E-state index contributed by atoms with van der Waals surface area (Å²) in [5.41, 5.74) is 3.03. The normalized spacial score (nSPS) is 12.8. The average molecular weight is 584 g/mol. The minimum Gasteiger partial charge on any atom is -0.352 e. The van der Waals surface area contributed by atoms with Gasteiger partial charge in [-0.05, 0) is 69.5 Å². The van der Waals surface area contributed by atoms with Crippen LogP contribution < -0.4 is 9.62 Å². The monoisotopic (exact) mass is 583 g/mol. The van der Waals surface area contributed by atoms with Gasteiger partial charge in [-0.25, -0.2) is 8.42 Å².